The van der Waals surface area contributed by atoms with Crippen molar-refractivity contribution in [2.24, 2.45) is 0 Å². The van der Waals surface area contributed by atoms with Crippen LogP contribution in [0, 0.1) is 0 Å². The van der Waals surface area contributed by atoms with Gasteiger partial charge in [0.1, 0.15) is 0 Å². The largest absolute Gasteiger partial charge is 0.134 e. The first-order chi connectivity index (χ1) is 27.6. The molecule has 11 aromatic rings. The molecule has 1 aliphatic rings. The Bertz CT molecular complexity index is 3390. The minimum absolute atomic E-state index is 0.163. The Labute approximate surface area is 329 Å². The maximum atomic E-state index is 2.52. The second-order valence-electron chi connectivity index (χ2n) is 15.9. The van der Waals surface area contributed by atoms with Gasteiger partial charge in [-0.25, -0.2) is 0 Å². The lowest BCUT2D eigenvalue weighted by atomic mass is 9.78. The van der Waals surface area contributed by atoms with Crippen molar-refractivity contribution in [3.05, 3.63) is 193 Å². The third kappa shape index (κ3) is 4.35. The van der Waals surface area contributed by atoms with E-state index in [1.54, 1.807) is 0 Å². The van der Waals surface area contributed by atoms with Crippen LogP contribution < -0.4 is 0 Å². The van der Waals surface area contributed by atoms with Gasteiger partial charge in [-0.3, -0.25) is 0 Å². The number of hydrogen-bond donors (Lipinski definition) is 0. The van der Waals surface area contributed by atoms with Crippen LogP contribution in [-0.2, 0) is 5.41 Å². The Balaban J connectivity index is 1.18. The van der Waals surface area contributed by atoms with E-state index >= 15 is 0 Å². The SMILES string of the molecule is CC1(C)c2ccccc2-c2cc3c(sc4ccc5ccccc5c43)c(-c3cccc(-c4c5ccccc5c(-c5cccc6ccccc56)c5ccccc45)c3)c21. The molecule has 0 radical (unpaired) electrons. The van der Waals surface area contributed by atoms with Gasteiger partial charge in [-0.1, -0.05) is 178 Å². The van der Waals surface area contributed by atoms with Crippen LogP contribution in [0.5, 0.6) is 0 Å². The predicted octanol–water partition coefficient (Wildman–Crippen LogP) is 16.0. The third-order valence-corrected chi connectivity index (χ3v) is 13.8. The van der Waals surface area contributed by atoms with Crippen molar-refractivity contribution in [1.29, 1.82) is 0 Å². The van der Waals surface area contributed by atoms with E-state index in [4.69, 9.17) is 0 Å². The Morgan fingerprint density at radius 3 is 1.64 bits per heavy atom. The summed E-state index contributed by atoms with van der Waals surface area (Å²) in [6.07, 6.45) is 0. The van der Waals surface area contributed by atoms with E-state index in [1.807, 2.05) is 11.3 Å². The molecule has 0 spiro atoms. The average Bonchev–Trinajstić information content (AvgIpc) is 3.74. The van der Waals surface area contributed by atoms with Crippen LogP contribution in [0.1, 0.15) is 25.0 Å². The lowest BCUT2D eigenvalue weighted by molar-refractivity contribution is 0.663. The third-order valence-electron chi connectivity index (χ3n) is 12.6. The molecule has 1 aromatic heterocycles. The molecule has 0 amide bonds. The number of benzene rings is 10. The van der Waals surface area contributed by atoms with Gasteiger partial charge in [0.05, 0.1) is 0 Å². The molecule has 0 N–H and O–H groups in total. The average molecular weight is 729 g/mol. The van der Waals surface area contributed by atoms with Crippen LogP contribution in [0.2, 0.25) is 0 Å². The molecule has 0 nitrogen and oxygen atoms in total. The summed E-state index contributed by atoms with van der Waals surface area (Å²) in [7, 11) is 0. The van der Waals surface area contributed by atoms with Gasteiger partial charge in [-0.2, -0.15) is 0 Å². The van der Waals surface area contributed by atoms with Crippen molar-refractivity contribution in [2.75, 3.05) is 0 Å². The van der Waals surface area contributed by atoms with Crippen LogP contribution in [0.3, 0.4) is 0 Å². The normalized spacial score (nSPS) is 13.3. The van der Waals surface area contributed by atoms with Gasteiger partial charge in [0.25, 0.3) is 0 Å². The number of rotatable bonds is 3. The highest BCUT2D eigenvalue weighted by Crippen LogP contribution is 2.57. The van der Waals surface area contributed by atoms with E-state index in [0.717, 1.165) is 0 Å². The second-order valence-corrected chi connectivity index (χ2v) is 17.0. The fraction of sp³-hybridized carbons (Fsp3) is 0.0545. The van der Waals surface area contributed by atoms with E-state index in [0.29, 0.717) is 0 Å². The molecule has 0 aliphatic heterocycles. The minimum atomic E-state index is -0.163. The molecule has 0 saturated carbocycles. The van der Waals surface area contributed by atoms with E-state index in [1.165, 1.54) is 119 Å². The standard InChI is InChI=1S/C55H36S/c1-55(2)47-28-12-11-22-39(47)45-32-46-52-38-21-6-4-16-34(38)29-30-48(52)56-54(46)50(53(45)55)36-19-13-18-35(31-36)49-41-23-7-9-25-43(41)51(44-26-10-8-24-42(44)49)40-27-14-17-33-15-3-5-20-37(33)40/h3-32H,1-2H3. The van der Waals surface area contributed by atoms with Crippen LogP contribution in [0.15, 0.2) is 182 Å². The highest BCUT2D eigenvalue weighted by atomic mass is 32.1. The zero-order valence-corrected chi connectivity index (χ0v) is 32.0. The van der Waals surface area contributed by atoms with Gasteiger partial charge in [0, 0.05) is 31.2 Å². The minimum Gasteiger partial charge on any atom is -0.134 e. The van der Waals surface area contributed by atoms with Gasteiger partial charge in [-0.15, -0.1) is 11.3 Å². The topological polar surface area (TPSA) is 0 Å². The Kier molecular flexibility index (Phi) is 6.66. The molecule has 0 fully saturated rings. The lowest BCUT2D eigenvalue weighted by Crippen LogP contribution is -2.16. The van der Waals surface area contributed by atoms with Crippen molar-refractivity contribution in [3.63, 3.8) is 0 Å². The smallest absolute Gasteiger partial charge is 0.0437 e. The molecule has 1 heteroatoms. The molecular formula is C55H36S. The van der Waals surface area contributed by atoms with E-state index in [9.17, 15) is 0 Å². The zero-order valence-electron chi connectivity index (χ0n) is 31.2. The van der Waals surface area contributed by atoms with Gasteiger partial charge < -0.3 is 0 Å². The van der Waals surface area contributed by atoms with Crippen molar-refractivity contribution in [1.82, 2.24) is 0 Å². The summed E-state index contributed by atoms with van der Waals surface area (Å²) >= 11 is 1.95. The Morgan fingerprint density at radius 2 is 0.911 bits per heavy atom. The second kappa shape index (κ2) is 11.7. The van der Waals surface area contributed by atoms with E-state index < -0.39 is 0 Å². The summed E-state index contributed by atoms with van der Waals surface area (Å²) in [6.45, 7) is 4.85. The van der Waals surface area contributed by atoms with Crippen molar-refractivity contribution < 1.29 is 0 Å². The quantitative estimate of drug-likeness (QED) is 0.159. The fourth-order valence-electron chi connectivity index (χ4n) is 10.2. The van der Waals surface area contributed by atoms with Gasteiger partial charge >= 0.3 is 0 Å². The van der Waals surface area contributed by atoms with E-state index in [2.05, 4.69) is 196 Å². The molecule has 56 heavy (non-hydrogen) atoms. The summed E-state index contributed by atoms with van der Waals surface area (Å²) in [5.74, 6) is 0. The van der Waals surface area contributed by atoms with Crippen LogP contribution in [0.4, 0.5) is 0 Å². The molecule has 0 unspecified atom stereocenters. The number of fused-ring (bicyclic) bond motifs is 11. The molecule has 1 aliphatic carbocycles. The maximum absolute atomic E-state index is 2.52. The highest BCUT2D eigenvalue weighted by Gasteiger charge is 2.39. The molecule has 10 aromatic carbocycles. The molecule has 262 valence electrons. The van der Waals surface area contributed by atoms with Crippen LogP contribution in [-0.4, -0.2) is 0 Å². The van der Waals surface area contributed by atoms with Crippen molar-refractivity contribution in [3.8, 4) is 44.5 Å². The zero-order chi connectivity index (χ0) is 37.1. The monoisotopic (exact) mass is 728 g/mol. The summed E-state index contributed by atoms with van der Waals surface area (Å²) in [4.78, 5) is 0. The first kappa shape index (κ1) is 31.8. The highest BCUT2D eigenvalue weighted by molar-refractivity contribution is 7.26. The molecule has 12 rings (SSSR count). The molecular weight excluding hydrogens is 693 g/mol. The molecule has 0 saturated heterocycles. The summed E-state index contributed by atoms with van der Waals surface area (Å²) in [5, 5.41) is 13.0. The van der Waals surface area contributed by atoms with Crippen molar-refractivity contribution >= 4 is 74.6 Å². The van der Waals surface area contributed by atoms with Gasteiger partial charge in [0.2, 0.25) is 0 Å². The van der Waals surface area contributed by atoms with Crippen molar-refractivity contribution in [2.45, 2.75) is 19.3 Å². The fourth-order valence-corrected chi connectivity index (χ4v) is 11.5. The lowest BCUT2D eigenvalue weighted by Gasteiger charge is -2.25. The molecule has 0 bridgehead atoms. The summed E-state index contributed by atoms with van der Waals surface area (Å²) < 4.78 is 2.71. The summed E-state index contributed by atoms with van der Waals surface area (Å²) in [6, 6.07) is 68.1. The predicted molar refractivity (Wildman–Crippen MR) is 243 cm³/mol. The Morgan fingerprint density at radius 1 is 0.375 bits per heavy atom. The molecule has 1 heterocycles. The first-order valence-corrected chi connectivity index (χ1v) is 20.4. The maximum Gasteiger partial charge on any atom is 0.0437 e. The number of hydrogen-bond acceptors (Lipinski definition) is 1. The Hall–Kier alpha value is -6.54. The molecule has 0 atom stereocenters. The van der Waals surface area contributed by atoms with E-state index in [-0.39, 0.29) is 5.41 Å². The number of thiophene rings is 1. The first-order valence-electron chi connectivity index (χ1n) is 19.6. The van der Waals surface area contributed by atoms with Crippen LogP contribution >= 0.6 is 11.3 Å². The summed E-state index contributed by atoms with van der Waals surface area (Å²) in [5.41, 5.74) is 13.1. The van der Waals surface area contributed by atoms with Crippen LogP contribution in [0.25, 0.3) is 108 Å². The van der Waals surface area contributed by atoms with Gasteiger partial charge in [-0.05, 0) is 111 Å². The van der Waals surface area contributed by atoms with Gasteiger partial charge in [0.15, 0.2) is 0 Å².